The lowest BCUT2D eigenvalue weighted by atomic mass is 10.0. The number of nitrogens with zero attached hydrogens (tertiary/aromatic N) is 3. The van der Waals surface area contributed by atoms with E-state index in [0.717, 1.165) is 35.6 Å². The Kier molecular flexibility index (Phi) is 5.27. The number of nitrogen functional groups attached to an aromatic ring is 1. The maximum Gasteiger partial charge on any atom is 0.154 e. The minimum absolute atomic E-state index is 0.461. The number of benzene rings is 2. The van der Waals surface area contributed by atoms with Gasteiger partial charge in [-0.25, -0.2) is 4.98 Å². The minimum Gasteiger partial charge on any atom is -0.384 e. The van der Waals surface area contributed by atoms with Gasteiger partial charge >= 0.3 is 0 Å². The molecule has 0 bridgehead atoms. The number of pyridine rings is 1. The Morgan fingerprint density at radius 2 is 2.06 bits per heavy atom. The molecule has 2 aromatic carbocycles. The van der Waals surface area contributed by atoms with Crippen molar-refractivity contribution in [3.8, 4) is 11.3 Å². The summed E-state index contributed by atoms with van der Waals surface area (Å²) in [7, 11) is 1.83. The van der Waals surface area contributed by atoms with Crippen LogP contribution in [0.3, 0.4) is 0 Å². The summed E-state index contributed by atoms with van der Waals surface area (Å²) in [5, 5.41) is 4.28. The smallest absolute Gasteiger partial charge is 0.154 e. The van der Waals surface area contributed by atoms with Crippen LogP contribution in [0.15, 0.2) is 59.6 Å². The second kappa shape index (κ2) is 8.38. The summed E-state index contributed by atoms with van der Waals surface area (Å²) < 4.78 is 0. The van der Waals surface area contributed by atoms with Crippen LogP contribution < -0.4 is 16.0 Å². The Balaban J connectivity index is 1.51. The zero-order valence-corrected chi connectivity index (χ0v) is 18.5. The maximum atomic E-state index is 6.08. The number of nitrogens with two attached hydrogens (primary N) is 1. The number of aromatic nitrogens is 2. The molecule has 162 valence electrons. The predicted molar refractivity (Wildman–Crippen MR) is 135 cm³/mol. The number of nitrogens with one attached hydrogen (secondary N) is 2. The topological polar surface area (TPSA) is 82.3 Å². The van der Waals surface area contributed by atoms with Gasteiger partial charge in [0.15, 0.2) is 5.82 Å². The molecule has 0 atom stereocenters. The third-order valence-corrected chi connectivity index (χ3v) is 6.06. The van der Waals surface area contributed by atoms with Crippen LogP contribution in [0.4, 0.5) is 23.0 Å². The number of fused-ring (bicyclic) bond motifs is 2. The van der Waals surface area contributed by atoms with Crippen LogP contribution in [0, 0.1) is 0 Å². The first-order chi connectivity index (χ1) is 15.7. The number of anilines is 3. The molecular weight excluding hydrogens is 396 g/mol. The molecule has 0 saturated carbocycles. The summed E-state index contributed by atoms with van der Waals surface area (Å²) in [6, 6.07) is 19.5. The van der Waals surface area contributed by atoms with Crippen LogP contribution in [-0.4, -0.2) is 29.8 Å². The first-order valence-electron chi connectivity index (χ1n) is 11.1. The highest BCUT2D eigenvalue weighted by Crippen LogP contribution is 2.38. The SMILES string of the molecule is CC=Nc1c(-c2cc3cc(CN4CCCc5ccccc54)ccc3[nH]2)cc(N)nc1NC. The van der Waals surface area contributed by atoms with Crippen molar-refractivity contribution in [2.45, 2.75) is 26.3 Å². The van der Waals surface area contributed by atoms with Gasteiger partial charge in [-0.05, 0) is 61.2 Å². The molecular formula is C26H28N6. The standard InChI is InChI=1S/C26H28N6/c1-3-29-25-20(15-24(27)31-26(25)28-2)22-14-19-13-17(10-11-21(19)30-22)16-32-12-6-8-18-7-4-5-9-23(18)32/h3-5,7,9-11,13-15,30H,6,8,12,16H2,1-2H3,(H3,27,28,31). The highest BCUT2D eigenvalue weighted by Gasteiger charge is 2.17. The fraction of sp³-hybridized carbons (Fsp3) is 0.231. The third kappa shape index (κ3) is 3.68. The van der Waals surface area contributed by atoms with Gasteiger partial charge in [-0.1, -0.05) is 24.3 Å². The number of H-pyrrole nitrogens is 1. The third-order valence-electron chi connectivity index (χ3n) is 6.06. The van der Waals surface area contributed by atoms with Gasteiger partial charge in [0.25, 0.3) is 0 Å². The van der Waals surface area contributed by atoms with E-state index in [-0.39, 0.29) is 0 Å². The normalized spacial score (nSPS) is 13.6. The second-order valence-electron chi connectivity index (χ2n) is 8.19. The van der Waals surface area contributed by atoms with E-state index in [9.17, 15) is 0 Å². The van der Waals surface area contributed by atoms with Gasteiger partial charge in [0.1, 0.15) is 11.5 Å². The lowest BCUT2D eigenvalue weighted by molar-refractivity contribution is 0.691. The molecule has 0 radical (unpaired) electrons. The molecule has 2 aromatic heterocycles. The van der Waals surface area contributed by atoms with E-state index in [0.29, 0.717) is 11.6 Å². The monoisotopic (exact) mass is 424 g/mol. The molecule has 4 aromatic rings. The number of aromatic amines is 1. The Bertz CT molecular complexity index is 1300. The van der Waals surface area contributed by atoms with Crippen molar-refractivity contribution in [3.05, 3.63) is 65.7 Å². The Hall–Kier alpha value is -3.80. The molecule has 3 heterocycles. The Morgan fingerprint density at radius 1 is 1.19 bits per heavy atom. The fourth-order valence-corrected chi connectivity index (χ4v) is 4.62. The average molecular weight is 425 g/mol. The summed E-state index contributed by atoms with van der Waals surface area (Å²) >= 11 is 0. The van der Waals surface area contributed by atoms with E-state index in [1.807, 2.05) is 20.0 Å². The molecule has 6 heteroatoms. The van der Waals surface area contributed by atoms with E-state index < -0.39 is 0 Å². The lowest BCUT2D eigenvalue weighted by Gasteiger charge is -2.31. The zero-order chi connectivity index (χ0) is 22.1. The highest BCUT2D eigenvalue weighted by molar-refractivity contribution is 5.92. The molecule has 32 heavy (non-hydrogen) atoms. The van der Waals surface area contributed by atoms with Gasteiger partial charge in [0.05, 0.1) is 0 Å². The summed E-state index contributed by atoms with van der Waals surface area (Å²) in [5.41, 5.74) is 14.0. The van der Waals surface area contributed by atoms with Crippen molar-refractivity contribution in [2.75, 3.05) is 29.5 Å². The predicted octanol–water partition coefficient (Wildman–Crippen LogP) is 5.53. The molecule has 0 fully saturated rings. The molecule has 4 N–H and O–H groups in total. The van der Waals surface area contributed by atoms with Crippen LogP contribution >= 0.6 is 0 Å². The minimum atomic E-state index is 0.461. The Labute approximate surface area is 188 Å². The first kappa shape index (κ1) is 20.1. The summed E-state index contributed by atoms with van der Waals surface area (Å²) in [5.74, 6) is 1.13. The molecule has 1 aliphatic heterocycles. The average Bonchev–Trinajstić information content (AvgIpc) is 3.23. The van der Waals surface area contributed by atoms with Crippen LogP contribution in [-0.2, 0) is 13.0 Å². The molecule has 1 aliphatic rings. The summed E-state index contributed by atoms with van der Waals surface area (Å²) in [4.78, 5) is 15.0. The molecule has 0 aliphatic carbocycles. The van der Waals surface area contributed by atoms with Crippen LogP contribution in [0.1, 0.15) is 24.5 Å². The lowest BCUT2D eigenvalue weighted by Crippen LogP contribution is -2.28. The van der Waals surface area contributed by atoms with Crippen molar-refractivity contribution >= 4 is 40.1 Å². The number of aryl methyl sites for hydroxylation is 1. The Morgan fingerprint density at radius 3 is 2.91 bits per heavy atom. The van der Waals surface area contributed by atoms with Crippen LogP contribution in [0.25, 0.3) is 22.2 Å². The molecule has 0 saturated heterocycles. The van der Waals surface area contributed by atoms with Crippen molar-refractivity contribution in [1.29, 1.82) is 0 Å². The van der Waals surface area contributed by atoms with E-state index in [4.69, 9.17) is 5.73 Å². The van der Waals surface area contributed by atoms with Crippen molar-refractivity contribution in [3.63, 3.8) is 0 Å². The van der Waals surface area contributed by atoms with Gasteiger partial charge < -0.3 is 20.9 Å². The van der Waals surface area contributed by atoms with Crippen molar-refractivity contribution in [2.24, 2.45) is 4.99 Å². The van der Waals surface area contributed by atoms with Gasteiger partial charge in [0.2, 0.25) is 0 Å². The van der Waals surface area contributed by atoms with E-state index in [2.05, 4.69) is 73.7 Å². The number of hydrogen-bond acceptors (Lipinski definition) is 5. The van der Waals surface area contributed by atoms with Gasteiger partial charge in [-0.3, -0.25) is 4.99 Å². The number of rotatable bonds is 5. The van der Waals surface area contributed by atoms with E-state index >= 15 is 0 Å². The van der Waals surface area contributed by atoms with Crippen molar-refractivity contribution in [1.82, 2.24) is 9.97 Å². The fourth-order valence-electron chi connectivity index (χ4n) is 4.62. The number of para-hydroxylation sites is 1. The molecule has 6 nitrogen and oxygen atoms in total. The van der Waals surface area contributed by atoms with Crippen LogP contribution in [0.5, 0.6) is 0 Å². The summed E-state index contributed by atoms with van der Waals surface area (Å²) in [6.07, 6.45) is 4.14. The van der Waals surface area contributed by atoms with E-state index in [1.165, 1.54) is 35.0 Å². The molecule has 0 unspecified atom stereocenters. The zero-order valence-electron chi connectivity index (χ0n) is 18.5. The van der Waals surface area contributed by atoms with Crippen LogP contribution in [0.2, 0.25) is 0 Å². The molecule has 0 spiro atoms. The highest BCUT2D eigenvalue weighted by atomic mass is 15.1. The molecule has 0 amide bonds. The van der Waals surface area contributed by atoms with Crippen molar-refractivity contribution < 1.29 is 0 Å². The van der Waals surface area contributed by atoms with Gasteiger partial charge in [0, 0.05) is 54.2 Å². The molecule has 5 rings (SSSR count). The summed E-state index contributed by atoms with van der Waals surface area (Å²) in [6.45, 7) is 3.90. The first-order valence-corrected chi connectivity index (χ1v) is 11.1. The van der Waals surface area contributed by atoms with E-state index in [1.54, 1.807) is 6.21 Å². The maximum absolute atomic E-state index is 6.08. The number of hydrogen-bond donors (Lipinski definition) is 3. The van der Waals surface area contributed by atoms with Gasteiger partial charge in [-0.2, -0.15) is 0 Å². The second-order valence-corrected chi connectivity index (χ2v) is 8.19. The number of aliphatic imine (C=N–C) groups is 1. The quantitative estimate of drug-likeness (QED) is 0.368. The van der Waals surface area contributed by atoms with Gasteiger partial charge in [-0.15, -0.1) is 0 Å². The largest absolute Gasteiger partial charge is 0.384 e.